The van der Waals surface area contributed by atoms with Crippen molar-refractivity contribution < 1.29 is 18.7 Å². The third kappa shape index (κ3) is 3.99. The lowest BCUT2D eigenvalue weighted by Crippen LogP contribution is -2.40. The number of aryl methyl sites for hydroxylation is 2. The molecule has 31 heavy (non-hydrogen) atoms. The molecule has 0 saturated carbocycles. The molecular weight excluding hydrogens is 399 g/mol. The van der Waals surface area contributed by atoms with Gasteiger partial charge in [0.15, 0.2) is 5.65 Å². The second kappa shape index (κ2) is 8.63. The largest absolute Gasteiger partial charge is 0.462 e. The Labute approximate surface area is 180 Å². The normalized spacial score (nSPS) is 15.7. The predicted octanol–water partition coefficient (Wildman–Crippen LogP) is 3.75. The summed E-state index contributed by atoms with van der Waals surface area (Å²) < 4.78 is 26.1. The first-order valence-electron chi connectivity index (χ1n) is 10.5. The minimum atomic E-state index is -0.425. The average Bonchev–Trinajstić information content (AvgIpc) is 3.07. The number of pyridine rings is 1. The van der Waals surface area contributed by atoms with Crippen LogP contribution in [0.3, 0.4) is 0 Å². The standard InChI is InChI=1S/C23H27FN4O3/c1-4-31-22(29)18-13-25-21-19(15(2)27-28(21)3)20(18)26-14-23(9-11-30-12-10-23)16-5-7-17(24)8-6-16/h5-8,13H,4,9-12,14H2,1-3H3,(H,25,26). The number of carbonyl (C=O) groups excluding carboxylic acids is 1. The van der Waals surface area contributed by atoms with Crippen molar-refractivity contribution in [2.45, 2.75) is 32.1 Å². The fraction of sp³-hybridized carbons (Fsp3) is 0.435. The first kappa shape index (κ1) is 21.2. The van der Waals surface area contributed by atoms with Gasteiger partial charge < -0.3 is 14.8 Å². The van der Waals surface area contributed by atoms with E-state index in [1.54, 1.807) is 17.8 Å². The van der Waals surface area contributed by atoms with Gasteiger partial charge in [-0.25, -0.2) is 14.2 Å². The van der Waals surface area contributed by atoms with Crippen molar-refractivity contribution in [3.63, 3.8) is 0 Å². The molecule has 3 aromatic rings. The van der Waals surface area contributed by atoms with E-state index in [4.69, 9.17) is 9.47 Å². The van der Waals surface area contributed by atoms with Gasteiger partial charge in [0.2, 0.25) is 0 Å². The maximum absolute atomic E-state index is 13.6. The third-order valence-electron chi connectivity index (χ3n) is 6.03. The Kier molecular flexibility index (Phi) is 5.91. The molecule has 0 amide bonds. The number of hydrogen-bond donors (Lipinski definition) is 1. The number of ether oxygens (including phenoxy) is 2. The van der Waals surface area contributed by atoms with Crippen molar-refractivity contribution >= 4 is 22.7 Å². The summed E-state index contributed by atoms with van der Waals surface area (Å²) in [5, 5.41) is 8.81. The Hall–Kier alpha value is -3.00. The van der Waals surface area contributed by atoms with Gasteiger partial charge in [-0.3, -0.25) is 4.68 Å². The minimum Gasteiger partial charge on any atom is -0.462 e. The molecule has 7 nitrogen and oxygen atoms in total. The highest BCUT2D eigenvalue weighted by atomic mass is 19.1. The lowest BCUT2D eigenvalue weighted by atomic mass is 9.74. The number of aromatic nitrogens is 3. The summed E-state index contributed by atoms with van der Waals surface area (Å²) in [6.07, 6.45) is 3.12. The number of esters is 1. The summed E-state index contributed by atoms with van der Waals surface area (Å²) in [5.41, 5.74) is 3.32. The van der Waals surface area contributed by atoms with E-state index >= 15 is 0 Å². The van der Waals surface area contributed by atoms with Crippen LogP contribution in [0.25, 0.3) is 11.0 Å². The lowest BCUT2D eigenvalue weighted by molar-refractivity contribution is 0.0522. The quantitative estimate of drug-likeness (QED) is 0.605. The van der Waals surface area contributed by atoms with Crippen LogP contribution < -0.4 is 5.32 Å². The van der Waals surface area contributed by atoms with Crippen molar-refractivity contribution in [2.75, 3.05) is 31.7 Å². The Balaban J connectivity index is 1.76. The SMILES string of the molecule is CCOC(=O)c1cnc2c(c(C)nn2C)c1NCC1(c2ccc(F)cc2)CCOCC1. The van der Waals surface area contributed by atoms with E-state index in [1.807, 2.05) is 26.1 Å². The number of rotatable bonds is 6. The van der Waals surface area contributed by atoms with Crippen LogP contribution in [0.1, 0.15) is 41.4 Å². The van der Waals surface area contributed by atoms with Gasteiger partial charge in [-0.05, 0) is 44.4 Å². The highest BCUT2D eigenvalue weighted by Gasteiger charge is 2.35. The maximum Gasteiger partial charge on any atom is 0.341 e. The lowest BCUT2D eigenvalue weighted by Gasteiger charge is -2.38. The van der Waals surface area contributed by atoms with E-state index in [0.717, 1.165) is 29.5 Å². The number of nitrogens with one attached hydrogen (secondary N) is 1. The van der Waals surface area contributed by atoms with Gasteiger partial charge in [-0.15, -0.1) is 0 Å². The Morgan fingerprint density at radius 2 is 2.00 bits per heavy atom. The monoisotopic (exact) mass is 426 g/mol. The molecule has 1 fully saturated rings. The van der Waals surface area contributed by atoms with Crippen LogP contribution in [0.4, 0.5) is 10.1 Å². The molecule has 164 valence electrons. The van der Waals surface area contributed by atoms with Crippen LogP contribution in [0.2, 0.25) is 0 Å². The molecule has 0 bridgehead atoms. The Morgan fingerprint density at radius 3 is 2.68 bits per heavy atom. The Morgan fingerprint density at radius 1 is 1.29 bits per heavy atom. The van der Waals surface area contributed by atoms with Crippen molar-refractivity contribution in [1.29, 1.82) is 0 Å². The first-order valence-corrected chi connectivity index (χ1v) is 10.5. The molecule has 0 unspecified atom stereocenters. The van der Waals surface area contributed by atoms with E-state index in [1.165, 1.54) is 12.1 Å². The molecule has 8 heteroatoms. The number of carbonyl (C=O) groups is 1. The Bertz CT molecular complexity index is 1090. The number of nitrogens with zero attached hydrogens (tertiary/aromatic N) is 3. The minimum absolute atomic E-state index is 0.246. The van der Waals surface area contributed by atoms with Crippen molar-refractivity contribution in [3.8, 4) is 0 Å². The summed E-state index contributed by atoms with van der Waals surface area (Å²) in [6.45, 7) is 5.76. The van der Waals surface area contributed by atoms with Crippen LogP contribution in [0, 0.1) is 12.7 Å². The zero-order chi connectivity index (χ0) is 22.0. The third-order valence-corrected chi connectivity index (χ3v) is 6.03. The molecule has 3 heterocycles. The number of halogens is 1. The zero-order valence-electron chi connectivity index (χ0n) is 18.1. The van der Waals surface area contributed by atoms with Crippen molar-refractivity contribution in [3.05, 3.63) is 53.1 Å². The maximum atomic E-state index is 13.6. The second-order valence-corrected chi connectivity index (χ2v) is 7.93. The molecule has 0 spiro atoms. The molecule has 1 aliphatic rings. The fourth-order valence-corrected chi connectivity index (χ4v) is 4.35. The first-order chi connectivity index (χ1) is 14.9. The summed E-state index contributed by atoms with van der Waals surface area (Å²) >= 11 is 0. The number of benzene rings is 1. The van der Waals surface area contributed by atoms with Gasteiger partial charge >= 0.3 is 5.97 Å². The van der Waals surface area contributed by atoms with Gasteiger partial charge in [0.1, 0.15) is 11.4 Å². The van der Waals surface area contributed by atoms with Crippen molar-refractivity contribution in [2.24, 2.45) is 7.05 Å². The van der Waals surface area contributed by atoms with E-state index in [9.17, 15) is 9.18 Å². The number of anilines is 1. The molecule has 2 aromatic heterocycles. The molecule has 4 rings (SSSR count). The summed E-state index contributed by atoms with van der Waals surface area (Å²) in [5.74, 6) is -0.684. The zero-order valence-corrected chi connectivity index (χ0v) is 18.1. The van der Waals surface area contributed by atoms with Gasteiger partial charge in [0.05, 0.1) is 23.4 Å². The molecule has 0 atom stereocenters. The van der Waals surface area contributed by atoms with Gasteiger partial charge in [-0.1, -0.05) is 12.1 Å². The van der Waals surface area contributed by atoms with E-state index in [2.05, 4.69) is 15.4 Å². The molecule has 1 saturated heterocycles. The molecule has 1 aromatic carbocycles. The van der Waals surface area contributed by atoms with E-state index < -0.39 is 5.97 Å². The summed E-state index contributed by atoms with van der Waals surface area (Å²) in [4.78, 5) is 17.1. The van der Waals surface area contributed by atoms with Gasteiger partial charge in [0.25, 0.3) is 0 Å². The molecule has 1 aliphatic heterocycles. The van der Waals surface area contributed by atoms with Crippen LogP contribution in [0.5, 0.6) is 0 Å². The highest BCUT2D eigenvalue weighted by molar-refractivity contribution is 6.05. The van der Waals surface area contributed by atoms with Crippen LogP contribution in [0.15, 0.2) is 30.5 Å². The molecule has 0 radical (unpaired) electrons. The smallest absolute Gasteiger partial charge is 0.341 e. The van der Waals surface area contributed by atoms with Gasteiger partial charge in [-0.2, -0.15) is 5.10 Å². The fourth-order valence-electron chi connectivity index (χ4n) is 4.35. The van der Waals surface area contributed by atoms with E-state index in [0.29, 0.717) is 36.7 Å². The number of fused-ring (bicyclic) bond motifs is 1. The molecule has 0 aliphatic carbocycles. The van der Waals surface area contributed by atoms with Crippen LogP contribution >= 0.6 is 0 Å². The number of hydrogen-bond acceptors (Lipinski definition) is 6. The van der Waals surface area contributed by atoms with E-state index in [-0.39, 0.29) is 17.8 Å². The highest BCUT2D eigenvalue weighted by Crippen LogP contribution is 2.37. The topological polar surface area (TPSA) is 78.3 Å². The second-order valence-electron chi connectivity index (χ2n) is 7.93. The van der Waals surface area contributed by atoms with Crippen LogP contribution in [-0.4, -0.2) is 47.1 Å². The summed E-state index contributed by atoms with van der Waals surface area (Å²) in [7, 11) is 1.83. The average molecular weight is 426 g/mol. The predicted molar refractivity (Wildman–Crippen MR) is 116 cm³/mol. The van der Waals surface area contributed by atoms with Gasteiger partial charge in [0, 0.05) is 38.4 Å². The molecular formula is C23H27FN4O3. The summed E-state index contributed by atoms with van der Waals surface area (Å²) in [6, 6.07) is 6.66. The molecule has 1 N–H and O–H groups in total. The van der Waals surface area contributed by atoms with Crippen LogP contribution in [-0.2, 0) is 21.9 Å². The van der Waals surface area contributed by atoms with Crippen molar-refractivity contribution in [1.82, 2.24) is 14.8 Å².